The number of rotatable bonds is 4. The van der Waals surface area contributed by atoms with E-state index in [2.05, 4.69) is 4.84 Å². The van der Waals surface area contributed by atoms with Gasteiger partial charge in [0.2, 0.25) is 0 Å². The van der Waals surface area contributed by atoms with Gasteiger partial charge >= 0.3 is 0 Å². The molecule has 0 aliphatic rings. The fourth-order valence-electron chi connectivity index (χ4n) is 1.00. The van der Waals surface area contributed by atoms with Gasteiger partial charge in [-0.25, -0.2) is 4.39 Å². The Morgan fingerprint density at radius 1 is 1.60 bits per heavy atom. The summed E-state index contributed by atoms with van der Waals surface area (Å²) in [7, 11) is 0. The second kappa shape index (κ2) is 4.36. The summed E-state index contributed by atoms with van der Waals surface area (Å²) < 4.78 is 13.4. The number of nitrogens with zero attached hydrogens (tertiary/aromatic N) is 1. The molecule has 15 heavy (non-hydrogen) atoms. The third-order valence-corrected chi connectivity index (χ3v) is 1.67. The highest BCUT2D eigenvalue weighted by atomic mass is 19.1. The van der Waals surface area contributed by atoms with Crippen molar-refractivity contribution >= 4 is 5.91 Å². The summed E-state index contributed by atoms with van der Waals surface area (Å²) in [5.41, 5.74) is 4.47. The number of halogens is 1. The van der Waals surface area contributed by atoms with Gasteiger partial charge in [0.05, 0.1) is 5.56 Å². The molecule has 0 aliphatic carbocycles. The molecule has 0 heterocycles. The molecule has 1 aromatic rings. The van der Waals surface area contributed by atoms with Crippen LogP contribution in [0.25, 0.3) is 0 Å². The van der Waals surface area contributed by atoms with Gasteiger partial charge in [-0.05, 0) is 6.07 Å². The number of hydrogen-bond donors (Lipinski definition) is 1. The van der Waals surface area contributed by atoms with E-state index >= 15 is 0 Å². The molecule has 0 saturated carbocycles. The van der Waals surface area contributed by atoms with Crippen LogP contribution >= 0.6 is 0 Å². The third kappa shape index (κ3) is 2.63. The number of primary amides is 1. The molecule has 1 rings (SSSR count). The molecule has 2 N–H and O–H groups in total. The van der Waals surface area contributed by atoms with Crippen molar-refractivity contribution in [3.8, 4) is 0 Å². The summed E-state index contributed by atoms with van der Waals surface area (Å²) in [6, 6.07) is 3.82. The van der Waals surface area contributed by atoms with Gasteiger partial charge in [0.1, 0.15) is 12.4 Å². The third-order valence-electron chi connectivity index (χ3n) is 1.67. The first-order valence-corrected chi connectivity index (χ1v) is 3.87. The standard InChI is InChI=1S/C8H7FN2O4/c9-7-5(4-15-11(13)14)2-1-3-6(7)8(10)12/h1-3H,4H2,(H2,10,12). The number of carbonyl (C=O) groups excluding carboxylic acids is 1. The van der Waals surface area contributed by atoms with Crippen molar-refractivity contribution in [2.45, 2.75) is 6.61 Å². The van der Waals surface area contributed by atoms with Gasteiger partial charge in [0, 0.05) is 5.56 Å². The fraction of sp³-hybridized carbons (Fsp3) is 0.125. The van der Waals surface area contributed by atoms with Crippen LogP contribution in [0, 0.1) is 15.9 Å². The maximum Gasteiger partial charge on any atom is 0.294 e. The SMILES string of the molecule is NC(=O)c1cccc(CO[N+](=O)[O-])c1F. The minimum Gasteiger partial charge on any atom is -0.366 e. The first-order valence-electron chi connectivity index (χ1n) is 3.87. The Hall–Kier alpha value is -2.18. The first kappa shape index (κ1) is 10.9. The zero-order chi connectivity index (χ0) is 11.4. The van der Waals surface area contributed by atoms with Crippen LogP contribution < -0.4 is 5.73 Å². The van der Waals surface area contributed by atoms with Crippen LogP contribution in [0.2, 0.25) is 0 Å². The van der Waals surface area contributed by atoms with Crippen LogP contribution in [-0.4, -0.2) is 11.0 Å². The quantitative estimate of drug-likeness (QED) is 0.587. The van der Waals surface area contributed by atoms with Crippen molar-refractivity contribution in [3.05, 3.63) is 45.3 Å². The molecule has 0 fully saturated rings. The number of benzene rings is 1. The van der Waals surface area contributed by atoms with E-state index in [1.807, 2.05) is 0 Å². The lowest BCUT2D eigenvalue weighted by Gasteiger charge is -2.04. The van der Waals surface area contributed by atoms with E-state index in [-0.39, 0.29) is 11.1 Å². The molecule has 7 heteroatoms. The van der Waals surface area contributed by atoms with Gasteiger partial charge in [-0.2, -0.15) is 0 Å². The van der Waals surface area contributed by atoms with Crippen LogP contribution in [0.5, 0.6) is 0 Å². The molecule has 1 aromatic carbocycles. The van der Waals surface area contributed by atoms with E-state index in [1.54, 1.807) is 0 Å². The highest BCUT2D eigenvalue weighted by Gasteiger charge is 2.12. The Kier molecular flexibility index (Phi) is 3.17. The molecule has 6 nitrogen and oxygen atoms in total. The maximum atomic E-state index is 13.4. The summed E-state index contributed by atoms with van der Waals surface area (Å²) >= 11 is 0. The van der Waals surface area contributed by atoms with Gasteiger partial charge in [-0.1, -0.05) is 12.1 Å². The molecule has 1 amide bonds. The van der Waals surface area contributed by atoms with Gasteiger partial charge in [0.15, 0.2) is 0 Å². The number of nitrogens with two attached hydrogens (primary N) is 1. The normalized spacial score (nSPS) is 9.67. The largest absolute Gasteiger partial charge is 0.366 e. The Labute approximate surface area is 83.5 Å². The Bertz CT molecular complexity index is 408. The molecular weight excluding hydrogens is 207 g/mol. The second-order valence-corrected chi connectivity index (χ2v) is 2.64. The number of amides is 1. The first-order chi connectivity index (χ1) is 7.02. The smallest absolute Gasteiger partial charge is 0.294 e. The molecule has 80 valence electrons. The molecule has 0 bridgehead atoms. The monoisotopic (exact) mass is 214 g/mol. The molecule has 0 atom stereocenters. The van der Waals surface area contributed by atoms with Gasteiger partial charge in [0.25, 0.3) is 11.0 Å². The summed E-state index contributed by atoms with van der Waals surface area (Å²) in [6.07, 6.45) is 0. The van der Waals surface area contributed by atoms with Gasteiger partial charge in [-0.3, -0.25) is 4.79 Å². The molecular formula is C8H7FN2O4. The van der Waals surface area contributed by atoms with Crippen molar-refractivity contribution in [2.75, 3.05) is 0 Å². The molecule has 0 spiro atoms. The van der Waals surface area contributed by atoms with Crippen molar-refractivity contribution in [3.63, 3.8) is 0 Å². The van der Waals surface area contributed by atoms with Crippen LogP contribution in [0.1, 0.15) is 15.9 Å². The maximum absolute atomic E-state index is 13.4. The predicted molar refractivity (Wildman–Crippen MR) is 46.7 cm³/mol. The van der Waals surface area contributed by atoms with Crippen molar-refractivity contribution in [1.29, 1.82) is 0 Å². The van der Waals surface area contributed by atoms with E-state index in [0.29, 0.717) is 0 Å². The number of hydrogen-bond acceptors (Lipinski definition) is 4. The molecule has 0 saturated heterocycles. The zero-order valence-electron chi connectivity index (χ0n) is 7.47. The minimum absolute atomic E-state index is 0.0944. The summed E-state index contributed by atoms with van der Waals surface area (Å²) in [5.74, 6) is -1.83. The summed E-state index contributed by atoms with van der Waals surface area (Å²) in [5, 5.41) is 8.83. The lowest BCUT2D eigenvalue weighted by atomic mass is 10.1. The summed E-state index contributed by atoms with van der Waals surface area (Å²) in [4.78, 5) is 24.6. The molecule has 0 aliphatic heterocycles. The van der Waals surface area contributed by atoms with E-state index < -0.39 is 23.4 Å². The van der Waals surface area contributed by atoms with Crippen LogP contribution in [0.15, 0.2) is 18.2 Å². The molecule has 0 radical (unpaired) electrons. The number of carbonyl (C=O) groups is 1. The van der Waals surface area contributed by atoms with Gasteiger partial charge < -0.3 is 10.6 Å². The Balaban J connectivity index is 2.94. The van der Waals surface area contributed by atoms with Crippen LogP contribution in [0.3, 0.4) is 0 Å². The molecule has 0 unspecified atom stereocenters. The lowest BCUT2D eigenvalue weighted by molar-refractivity contribution is -0.763. The predicted octanol–water partition coefficient (Wildman–Crippen LogP) is 0.633. The van der Waals surface area contributed by atoms with E-state index in [0.717, 1.165) is 0 Å². The second-order valence-electron chi connectivity index (χ2n) is 2.64. The lowest BCUT2D eigenvalue weighted by Crippen LogP contribution is -2.14. The fourth-order valence-corrected chi connectivity index (χ4v) is 1.00. The van der Waals surface area contributed by atoms with E-state index in [1.165, 1.54) is 18.2 Å². The Morgan fingerprint density at radius 2 is 2.27 bits per heavy atom. The van der Waals surface area contributed by atoms with Gasteiger partial charge in [-0.15, -0.1) is 10.1 Å². The average molecular weight is 214 g/mol. The van der Waals surface area contributed by atoms with Crippen molar-refractivity contribution in [2.24, 2.45) is 5.73 Å². The molecule has 0 aromatic heterocycles. The highest BCUT2D eigenvalue weighted by Crippen LogP contribution is 2.13. The van der Waals surface area contributed by atoms with Crippen molar-refractivity contribution in [1.82, 2.24) is 0 Å². The topological polar surface area (TPSA) is 95.5 Å². The Morgan fingerprint density at radius 3 is 2.80 bits per heavy atom. The van der Waals surface area contributed by atoms with E-state index in [9.17, 15) is 19.3 Å². The summed E-state index contributed by atoms with van der Waals surface area (Å²) in [6.45, 7) is -0.556. The zero-order valence-corrected chi connectivity index (χ0v) is 7.47. The van der Waals surface area contributed by atoms with Crippen LogP contribution in [0.4, 0.5) is 4.39 Å². The highest BCUT2D eigenvalue weighted by molar-refractivity contribution is 5.93. The average Bonchev–Trinajstić information content (AvgIpc) is 2.15. The van der Waals surface area contributed by atoms with E-state index in [4.69, 9.17) is 5.73 Å². The van der Waals surface area contributed by atoms with Crippen molar-refractivity contribution < 1.29 is 19.1 Å². The van der Waals surface area contributed by atoms with Crippen LogP contribution in [-0.2, 0) is 11.4 Å². The minimum atomic E-state index is -1.05.